The first kappa shape index (κ1) is 14.2. The number of carbonyl (C=O) groups excluding carboxylic acids is 2. The van der Waals surface area contributed by atoms with Crippen LogP contribution in [0.2, 0.25) is 0 Å². The van der Waals surface area contributed by atoms with Crippen molar-refractivity contribution in [3.8, 4) is 5.75 Å². The summed E-state index contributed by atoms with van der Waals surface area (Å²) >= 11 is 0. The Morgan fingerprint density at radius 3 is 2.67 bits per heavy atom. The van der Waals surface area contributed by atoms with Gasteiger partial charge in [-0.2, -0.15) is 0 Å². The minimum absolute atomic E-state index is 0.0111. The number of carbonyl (C=O) groups is 2. The van der Waals surface area contributed by atoms with Gasteiger partial charge in [-0.1, -0.05) is 12.1 Å². The van der Waals surface area contributed by atoms with E-state index in [9.17, 15) is 9.59 Å². The third-order valence-electron chi connectivity index (χ3n) is 2.30. The van der Waals surface area contributed by atoms with E-state index in [0.29, 0.717) is 12.4 Å². The standard InChI is InChI=1S/C14H18O4/c1-3-17-14(16)8-7-12(15)10-18-13-6-4-5-11(2)9-13/h4-6,9H,3,7-8,10H2,1-2H3. The summed E-state index contributed by atoms with van der Waals surface area (Å²) in [4.78, 5) is 22.5. The third-order valence-corrected chi connectivity index (χ3v) is 2.30. The van der Waals surface area contributed by atoms with E-state index >= 15 is 0 Å². The van der Waals surface area contributed by atoms with Gasteiger partial charge in [0.25, 0.3) is 0 Å². The molecule has 0 fully saturated rings. The molecule has 0 bridgehead atoms. The highest BCUT2D eigenvalue weighted by Crippen LogP contribution is 2.12. The summed E-state index contributed by atoms with van der Waals surface area (Å²) in [5, 5.41) is 0. The number of benzene rings is 1. The Balaban J connectivity index is 2.27. The molecule has 0 saturated heterocycles. The normalized spacial score (nSPS) is 9.89. The molecule has 0 heterocycles. The van der Waals surface area contributed by atoms with Crippen LogP contribution in [-0.4, -0.2) is 25.0 Å². The first-order chi connectivity index (χ1) is 8.61. The van der Waals surface area contributed by atoms with Gasteiger partial charge in [0, 0.05) is 6.42 Å². The second-order valence-electron chi connectivity index (χ2n) is 3.95. The largest absolute Gasteiger partial charge is 0.486 e. The summed E-state index contributed by atoms with van der Waals surface area (Å²) in [6.07, 6.45) is 0.272. The average Bonchev–Trinajstić information content (AvgIpc) is 2.34. The molecule has 0 N–H and O–H groups in total. The molecule has 0 atom stereocenters. The van der Waals surface area contributed by atoms with Crippen LogP contribution < -0.4 is 4.74 Å². The lowest BCUT2D eigenvalue weighted by Gasteiger charge is -2.06. The molecule has 0 aliphatic carbocycles. The Kier molecular flexibility index (Phi) is 5.91. The zero-order valence-corrected chi connectivity index (χ0v) is 10.8. The van der Waals surface area contributed by atoms with Crippen molar-refractivity contribution >= 4 is 11.8 Å². The molecule has 0 radical (unpaired) electrons. The number of hydrogen-bond donors (Lipinski definition) is 0. The van der Waals surface area contributed by atoms with Gasteiger partial charge in [-0.15, -0.1) is 0 Å². The number of rotatable bonds is 7. The summed E-state index contributed by atoms with van der Waals surface area (Å²) in [6.45, 7) is 4.02. The molecule has 0 spiro atoms. The van der Waals surface area contributed by atoms with Gasteiger partial charge in [0.2, 0.25) is 0 Å². The van der Waals surface area contributed by atoms with Crippen LogP contribution in [-0.2, 0) is 14.3 Å². The van der Waals surface area contributed by atoms with E-state index in [4.69, 9.17) is 9.47 Å². The van der Waals surface area contributed by atoms with E-state index in [1.165, 1.54) is 0 Å². The molecule has 0 saturated carbocycles. The van der Waals surface area contributed by atoms with E-state index in [1.807, 2.05) is 25.1 Å². The van der Waals surface area contributed by atoms with Crippen molar-refractivity contribution in [3.63, 3.8) is 0 Å². The Hall–Kier alpha value is -1.84. The second kappa shape index (κ2) is 7.48. The lowest BCUT2D eigenvalue weighted by atomic mass is 10.2. The van der Waals surface area contributed by atoms with Gasteiger partial charge in [0.15, 0.2) is 5.78 Å². The molecule has 0 aliphatic heterocycles. The van der Waals surface area contributed by atoms with Crippen LogP contribution in [0.1, 0.15) is 25.3 Å². The predicted octanol–water partition coefficient (Wildman–Crippen LogP) is 2.29. The molecule has 18 heavy (non-hydrogen) atoms. The topological polar surface area (TPSA) is 52.6 Å². The quantitative estimate of drug-likeness (QED) is 0.697. The maximum absolute atomic E-state index is 11.5. The predicted molar refractivity (Wildman–Crippen MR) is 67.5 cm³/mol. The van der Waals surface area contributed by atoms with E-state index in [2.05, 4.69) is 0 Å². The van der Waals surface area contributed by atoms with Gasteiger partial charge in [-0.3, -0.25) is 9.59 Å². The molecule has 0 aliphatic rings. The lowest BCUT2D eigenvalue weighted by molar-refractivity contribution is -0.144. The fraction of sp³-hybridized carbons (Fsp3) is 0.429. The molecule has 4 nitrogen and oxygen atoms in total. The van der Waals surface area contributed by atoms with E-state index < -0.39 is 0 Å². The molecular formula is C14H18O4. The smallest absolute Gasteiger partial charge is 0.306 e. The number of esters is 1. The number of hydrogen-bond acceptors (Lipinski definition) is 4. The van der Waals surface area contributed by atoms with Crippen LogP contribution in [0.25, 0.3) is 0 Å². The van der Waals surface area contributed by atoms with Crippen molar-refractivity contribution in [2.75, 3.05) is 13.2 Å². The van der Waals surface area contributed by atoms with E-state index in [-0.39, 0.29) is 31.2 Å². The van der Waals surface area contributed by atoms with Gasteiger partial charge in [0.05, 0.1) is 13.0 Å². The monoisotopic (exact) mass is 250 g/mol. The minimum atomic E-state index is -0.346. The average molecular weight is 250 g/mol. The van der Waals surface area contributed by atoms with Gasteiger partial charge < -0.3 is 9.47 Å². The van der Waals surface area contributed by atoms with Gasteiger partial charge in [0.1, 0.15) is 12.4 Å². The summed E-state index contributed by atoms with van der Waals surface area (Å²) in [6, 6.07) is 7.48. The van der Waals surface area contributed by atoms with Gasteiger partial charge in [-0.25, -0.2) is 0 Å². The zero-order valence-electron chi connectivity index (χ0n) is 10.8. The Bertz CT molecular complexity index is 412. The second-order valence-corrected chi connectivity index (χ2v) is 3.95. The molecule has 0 aromatic heterocycles. The fourth-order valence-corrected chi connectivity index (χ4v) is 1.42. The summed E-state index contributed by atoms with van der Waals surface area (Å²) in [7, 11) is 0. The first-order valence-electron chi connectivity index (χ1n) is 5.98. The van der Waals surface area contributed by atoms with Gasteiger partial charge >= 0.3 is 5.97 Å². The summed E-state index contributed by atoms with van der Waals surface area (Å²) < 4.78 is 10.1. The van der Waals surface area contributed by atoms with Crippen molar-refractivity contribution in [1.82, 2.24) is 0 Å². The van der Waals surface area contributed by atoms with Crippen LogP contribution in [0, 0.1) is 6.92 Å². The van der Waals surface area contributed by atoms with Crippen LogP contribution >= 0.6 is 0 Å². The van der Waals surface area contributed by atoms with Crippen molar-refractivity contribution in [3.05, 3.63) is 29.8 Å². The molecule has 4 heteroatoms. The Morgan fingerprint density at radius 2 is 2.00 bits per heavy atom. The molecule has 98 valence electrons. The number of Topliss-reactive ketones (excluding diaryl/α,β-unsaturated/α-hetero) is 1. The van der Waals surface area contributed by atoms with Crippen LogP contribution in [0.4, 0.5) is 0 Å². The lowest BCUT2D eigenvalue weighted by Crippen LogP contribution is -2.14. The molecule has 1 aromatic carbocycles. The molecule has 0 amide bonds. The maximum atomic E-state index is 11.5. The molecule has 1 rings (SSSR count). The van der Waals surface area contributed by atoms with E-state index in [1.54, 1.807) is 13.0 Å². The zero-order chi connectivity index (χ0) is 13.4. The minimum Gasteiger partial charge on any atom is -0.486 e. The van der Waals surface area contributed by atoms with Crippen LogP contribution in [0.15, 0.2) is 24.3 Å². The molecule has 1 aromatic rings. The van der Waals surface area contributed by atoms with Crippen LogP contribution in [0.3, 0.4) is 0 Å². The SMILES string of the molecule is CCOC(=O)CCC(=O)COc1cccc(C)c1. The number of aryl methyl sites for hydroxylation is 1. The van der Waals surface area contributed by atoms with Gasteiger partial charge in [-0.05, 0) is 31.5 Å². The van der Waals surface area contributed by atoms with Crippen LogP contribution in [0.5, 0.6) is 5.75 Å². The highest BCUT2D eigenvalue weighted by Gasteiger charge is 2.08. The number of ketones is 1. The summed E-state index contributed by atoms with van der Waals surface area (Å²) in [5.74, 6) is 0.213. The maximum Gasteiger partial charge on any atom is 0.306 e. The summed E-state index contributed by atoms with van der Waals surface area (Å²) in [5.41, 5.74) is 1.08. The molecular weight excluding hydrogens is 232 g/mol. The number of ether oxygens (including phenoxy) is 2. The third kappa shape index (κ3) is 5.48. The van der Waals surface area contributed by atoms with Crippen molar-refractivity contribution < 1.29 is 19.1 Å². The highest BCUT2D eigenvalue weighted by atomic mass is 16.5. The molecule has 0 unspecified atom stereocenters. The Labute approximate surface area is 107 Å². The highest BCUT2D eigenvalue weighted by molar-refractivity contribution is 5.84. The van der Waals surface area contributed by atoms with Crippen molar-refractivity contribution in [2.24, 2.45) is 0 Å². The first-order valence-corrected chi connectivity index (χ1v) is 5.98. The fourth-order valence-electron chi connectivity index (χ4n) is 1.42. The van der Waals surface area contributed by atoms with Crippen molar-refractivity contribution in [1.29, 1.82) is 0 Å². The van der Waals surface area contributed by atoms with Crippen molar-refractivity contribution in [2.45, 2.75) is 26.7 Å². The Morgan fingerprint density at radius 1 is 1.22 bits per heavy atom. The van der Waals surface area contributed by atoms with E-state index in [0.717, 1.165) is 5.56 Å².